The minimum absolute atomic E-state index is 0. The number of ether oxygens (including phenoxy) is 1. The van der Waals surface area contributed by atoms with E-state index >= 15 is 0 Å². The average Bonchev–Trinajstić information content (AvgIpc) is 2.37. The van der Waals surface area contributed by atoms with Gasteiger partial charge in [0, 0.05) is 6.07 Å². The van der Waals surface area contributed by atoms with Gasteiger partial charge in [0.25, 0.3) is 0 Å². The molecule has 0 saturated heterocycles. The van der Waals surface area contributed by atoms with E-state index in [4.69, 9.17) is 4.74 Å². The maximum absolute atomic E-state index is 13.1. The molecule has 0 saturated carbocycles. The number of benzene rings is 1. The molecule has 1 rings (SSSR count). The molecule has 1 aromatic rings. The molecule has 0 aliphatic carbocycles. The third-order valence-corrected chi connectivity index (χ3v) is 3.35. The molecule has 0 aliphatic rings. The first kappa shape index (κ1) is 21.4. The Labute approximate surface area is 166 Å². The summed E-state index contributed by atoms with van der Waals surface area (Å²) in [6, 6.07) is 2.38. The van der Waals surface area contributed by atoms with Gasteiger partial charge in [0.15, 0.2) is 0 Å². The second-order valence-electron chi connectivity index (χ2n) is 4.98. The Balaban J connectivity index is 0.00000400. The summed E-state index contributed by atoms with van der Waals surface area (Å²) in [6.07, 6.45) is 3.80. The Morgan fingerprint density at radius 3 is 2.38 bits per heavy atom. The molecule has 1 aromatic carbocycles. The molecule has 0 amide bonds. The minimum Gasteiger partial charge on any atom is -0.496 e. The van der Waals surface area contributed by atoms with Crippen LogP contribution in [0.3, 0.4) is 0 Å². The van der Waals surface area contributed by atoms with Crippen LogP contribution in [0.2, 0.25) is 0 Å². The first-order valence-corrected chi connectivity index (χ1v) is 7.00. The molecule has 0 radical (unpaired) electrons. The first-order chi connectivity index (χ1) is 9.38. The molecule has 0 fully saturated rings. The van der Waals surface area contributed by atoms with Gasteiger partial charge in [0.2, 0.25) is 0 Å². The summed E-state index contributed by atoms with van der Waals surface area (Å²) in [4.78, 5) is 0. The molecule has 7 heteroatoms. The Hall–Kier alpha value is 0.441. The predicted molar refractivity (Wildman–Crippen MR) is 73.9 cm³/mol. The number of halogens is 4. The third kappa shape index (κ3) is 7.50. The molecule has 1 unspecified atom stereocenters. The monoisotopic (exact) mass is 330 g/mol. The Morgan fingerprint density at radius 2 is 1.86 bits per heavy atom. The standard InChI is InChI=1S/C14H20BF4O.K/c1-3-5-6-11(4-2)10-20-14-9-12(16)7-8-13(14)15(17,18)19;/h7-9,11H,3-6,10H2,1-2H3;/q-1;+1. The predicted octanol–water partition coefficient (Wildman–Crippen LogP) is 1.48. The molecule has 0 aromatic heterocycles. The Bertz CT molecular complexity index is 426. The van der Waals surface area contributed by atoms with Gasteiger partial charge in [-0.2, -0.15) is 0 Å². The largest absolute Gasteiger partial charge is 1.00 e. The van der Waals surface area contributed by atoms with Crippen molar-refractivity contribution < 1.29 is 73.5 Å². The molecule has 114 valence electrons. The van der Waals surface area contributed by atoms with Gasteiger partial charge in [-0.05, 0) is 18.4 Å². The second kappa shape index (κ2) is 10.3. The normalized spacial score (nSPS) is 12.7. The fraction of sp³-hybridized carbons (Fsp3) is 0.571. The number of rotatable bonds is 8. The Morgan fingerprint density at radius 1 is 1.19 bits per heavy atom. The number of hydrogen-bond donors (Lipinski definition) is 0. The van der Waals surface area contributed by atoms with E-state index in [0.29, 0.717) is 0 Å². The van der Waals surface area contributed by atoms with Crippen LogP contribution in [-0.2, 0) is 0 Å². The molecule has 0 bridgehead atoms. The molecule has 0 N–H and O–H groups in total. The second-order valence-corrected chi connectivity index (χ2v) is 4.98. The molecule has 21 heavy (non-hydrogen) atoms. The van der Waals surface area contributed by atoms with Crippen LogP contribution in [0.4, 0.5) is 17.3 Å². The average molecular weight is 330 g/mol. The molecule has 1 atom stereocenters. The quantitative estimate of drug-likeness (QED) is 0.518. The van der Waals surface area contributed by atoms with Gasteiger partial charge in [-0.15, -0.1) is 0 Å². The van der Waals surface area contributed by atoms with E-state index in [2.05, 4.69) is 6.92 Å². The molecule has 1 nitrogen and oxygen atoms in total. The van der Waals surface area contributed by atoms with E-state index in [1.165, 1.54) is 0 Å². The summed E-state index contributed by atoms with van der Waals surface area (Å²) in [6.45, 7) is -0.964. The van der Waals surface area contributed by atoms with Crippen LogP contribution >= 0.6 is 0 Å². The van der Waals surface area contributed by atoms with E-state index in [1.807, 2.05) is 6.92 Å². The van der Waals surface area contributed by atoms with Crippen LogP contribution < -0.4 is 61.6 Å². The maximum Gasteiger partial charge on any atom is 1.00 e. The van der Waals surface area contributed by atoms with Gasteiger partial charge >= 0.3 is 58.4 Å². The van der Waals surface area contributed by atoms with E-state index in [1.54, 1.807) is 0 Å². The summed E-state index contributed by atoms with van der Waals surface area (Å²) in [5.74, 6) is -0.912. The zero-order chi connectivity index (χ0) is 15.2. The van der Waals surface area contributed by atoms with Gasteiger partial charge in [0.05, 0.1) is 12.4 Å². The number of unbranched alkanes of at least 4 members (excludes halogenated alkanes) is 1. The van der Waals surface area contributed by atoms with E-state index in [-0.39, 0.29) is 63.9 Å². The summed E-state index contributed by atoms with van der Waals surface area (Å²) < 4.78 is 56.9. The van der Waals surface area contributed by atoms with E-state index < -0.39 is 24.0 Å². The zero-order valence-corrected chi connectivity index (χ0v) is 16.0. The van der Waals surface area contributed by atoms with E-state index in [9.17, 15) is 17.3 Å². The summed E-state index contributed by atoms with van der Waals surface area (Å²) >= 11 is 0. The third-order valence-electron chi connectivity index (χ3n) is 3.35. The van der Waals surface area contributed by atoms with Gasteiger partial charge in [0.1, 0.15) is 5.82 Å². The first-order valence-electron chi connectivity index (χ1n) is 7.00. The zero-order valence-electron chi connectivity index (χ0n) is 12.8. The number of hydrogen-bond acceptors (Lipinski definition) is 1. The molecular formula is C14H20BF4KO. The van der Waals surface area contributed by atoms with Crippen molar-refractivity contribution in [2.24, 2.45) is 5.92 Å². The molecule has 0 spiro atoms. The van der Waals surface area contributed by atoms with Crippen molar-refractivity contribution >= 4 is 12.4 Å². The van der Waals surface area contributed by atoms with Gasteiger partial charge in [-0.1, -0.05) is 44.6 Å². The molecule has 0 heterocycles. The van der Waals surface area contributed by atoms with Crippen molar-refractivity contribution in [1.82, 2.24) is 0 Å². The van der Waals surface area contributed by atoms with Crippen LogP contribution in [-0.4, -0.2) is 13.6 Å². The van der Waals surface area contributed by atoms with Crippen LogP contribution in [0.25, 0.3) is 0 Å². The van der Waals surface area contributed by atoms with Crippen molar-refractivity contribution in [3.8, 4) is 5.75 Å². The smallest absolute Gasteiger partial charge is 0.496 e. The maximum atomic E-state index is 13.1. The molecule has 0 aliphatic heterocycles. The topological polar surface area (TPSA) is 9.23 Å². The van der Waals surface area contributed by atoms with Gasteiger partial charge in [-0.3, -0.25) is 0 Å². The van der Waals surface area contributed by atoms with Crippen molar-refractivity contribution in [2.45, 2.75) is 39.5 Å². The fourth-order valence-corrected chi connectivity index (χ4v) is 2.01. The summed E-state index contributed by atoms with van der Waals surface area (Å²) in [5.41, 5.74) is -0.864. The van der Waals surface area contributed by atoms with Crippen molar-refractivity contribution in [2.75, 3.05) is 6.61 Å². The summed E-state index contributed by atoms with van der Waals surface area (Å²) in [5, 5.41) is 0. The minimum atomic E-state index is -5.19. The van der Waals surface area contributed by atoms with Crippen LogP contribution in [0.5, 0.6) is 5.75 Å². The van der Waals surface area contributed by atoms with Gasteiger partial charge < -0.3 is 17.7 Å². The Kier molecular flexibility index (Phi) is 10.5. The van der Waals surface area contributed by atoms with Crippen LogP contribution in [0.1, 0.15) is 39.5 Å². The van der Waals surface area contributed by atoms with Crippen LogP contribution in [0, 0.1) is 11.7 Å². The SMILES string of the molecule is CCCCC(CC)COc1cc(F)ccc1[B-](F)(F)F.[K+]. The molecular weight excluding hydrogens is 310 g/mol. The van der Waals surface area contributed by atoms with Crippen molar-refractivity contribution in [3.63, 3.8) is 0 Å². The van der Waals surface area contributed by atoms with Crippen molar-refractivity contribution in [1.29, 1.82) is 0 Å². The summed E-state index contributed by atoms with van der Waals surface area (Å²) in [7, 11) is 0. The van der Waals surface area contributed by atoms with Crippen LogP contribution in [0.15, 0.2) is 18.2 Å². The van der Waals surface area contributed by atoms with E-state index in [0.717, 1.165) is 43.9 Å². The van der Waals surface area contributed by atoms with Gasteiger partial charge in [-0.25, -0.2) is 4.39 Å². The fourth-order valence-electron chi connectivity index (χ4n) is 2.01. The van der Waals surface area contributed by atoms with Crippen molar-refractivity contribution in [3.05, 3.63) is 24.0 Å².